The summed E-state index contributed by atoms with van der Waals surface area (Å²) < 4.78 is 12.5. The first-order valence-corrected chi connectivity index (χ1v) is 2.94. The summed E-state index contributed by atoms with van der Waals surface area (Å²) in [6, 6.07) is 0.669. The molecule has 0 atom stereocenters. The van der Waals surface area contributed by atoms with Crippen molar-refractivity contribution in [3.8, 4) is 0 Å². The van der Waals surface area contributed by atoms with E-state index in [1.165, 1.54) is 0 Å². The minimum atomic E-state index is -0.839. The second-order valence-electron chi connectivity index (χ2n) is 1.71. The fourth-order valence-electron chi connectivity index (χ4n) is 0.504. The van der Waals surface area contributed by atoms with Gasteiger partial charge in [-0.25, -0.2) is 4.39 Å². The van der Waals surface area contributed by atoms with Crippen molar-refractivity contribution < 1.29 is 9.31 Å². The van der Waals surface area contributed by atoms with E-state index in [9.17, 15) is 14.5 Å². The van der Waals surface area contributed by atoms with Gasteiger partial charge in [0.1, 0.15) is 5.02 Å². The van der Waals surface area contributed by atoms with E-state index < -0.39 is 16.6 Å². The highest BCUT2D eigenvalue weighted by molar-refractivity contribution is 6.30. The lowest BCUT2D eigenvalue weighted by Gasteiger charge is -1.91. The van der Waals surface area contributed by atoms with Crippen LogP contribution >= 0.6 is 11.6 Å². The number of rotatable bonds is 1. The smallest absolute Gasteiger partial charge is 0.358 e. The van der Waals surface area contributed by atoms with Crippen LogP contribution in [-0.4, -0.2) is 9.91 Å². The van der Waals surface area contributed by atoms with Gasteiger partial charge in [-0.15, -0.1) is 0 Å². The second kappa shape index (κ2) is 2.79. The molecular formula is C5H2ClFN2O2. The van der Waals surface area contributed by atoms with Crippen LogP contribution in [-0.2, 0) is 0 Å². The largest absolute Gasteiger partial charge is 0.366 e. The van der Waals surface area contributed by atoms with Crippen LogP contribution in [0, 0.1) is 15.9 Å². The molecule has 0 aliphatic rings. The highest BCUT2D eigenvalue weighted by Gasteiger charge is 2.10. The maximum atomic E-state index is 12.5. The molecule has 6 heteroatoms. The standard InChI is InChI=1S/C5H2ClFN2O2/c6-3-2-8-5(9(10)11)1-4(3)7/h1-2H. The van der Waals surface area contributed by atoms with Crippen LogP contribution in [0.4, 0.5) is 10.2 Å². The fraction of sp³-hybridized carbons (Fsp3) is 0. The van der Waals surface area contributed by atoms with Gasteiger partial charge < -0.3 is 10.1 Å². The molecule has 0 amide bonds. The van der Waals surface area contributed by atoms with Crippen molar-refractivity contribution >= 4 is 17.4 Å². The molecule has 0 radical (unpaired) electrons. The average Bonchev–Trinajstić information content (AvgIpc) is 1.94. The molecule has 1 heterocycles. The van der Waals surface area contributed by atoms with Crippen LogP contribution in [0.1, 0.15) is 0 Å². The van der Waals surface area contributed by atoms with Crippen LogP contribution in [0.2, 0.25) is 5.02 Å². The summed E-state index contributed by atoms with van der Waals surface area (Å²) in [7, 11) is 0. The lowest BCUT2D eigenvalue weighted by Crippen LogP contribution is -1.92. The maximum Gasteiger partial charge on any atom is 0.366 e. The van der Waals surface area contributed by atoms with Crippen molar-refractivity contribution in [2.75, 3.05) is 0 Å². The van der Waals surface area contributed by atoms with E-state index in [0.29, 0.717) is 6.07 Å². The van der Waals surface area contributed by atoms with Gasteiger partial charge in [0.25, 0.3) is 0 Å². The maximum absolute atomic E-state index is 12.5. The van der Waals surface area contributed by atoms with Gasteiger partial charge in [-0.05, 0) is 9.91 Å². The van der Waals surface area contributed by atoms with Crippen molar-refractivity contribution in [3.05, 3.63) is 33.2 Å². The molecule has 0 aromatic carbocycles. The molecule has 0 aliphatic carbocycles. The van der Waals surface area contributed by atoms with Crippen LogP contribution in [0.5, 0.6) is 0 Å². The molecule has 1 rings (SSSR count). The van der Waals surface area contributed by atoms with Gasteiger partial charge >= 0.3 is 5.82 Å². The van der Waals surface area contributed by atoms with E-state index in [-0.39, 0.29) is 5.02 Å². The summed E-state index contributed by atoms with van der Waals surface area (Å²) in [5.41, 5.74) is 0. The van der Waals surface area contributed by atoms with E-state index in [1.54, 1.807) is 0 Å². The molecule has 0 saturated heterocycles. The molecule has 0 fully saturated rings. The summed E-state index contributed by atoms with van der Waals surface area (Å²) in [6.45, 7) is 0. The van der Waals surface area contributed by atoms with E-state index in [1.807, 2.05) is 0 Å². The third-order valence-electron chi connectivity index (χ3n) is 0.981. The Hall–Kier alpha value is -1.23. The lowest BCUT2D eigenvalue weighted by atomic mass is 10.4. The third kappa shape index (κ3) is 1.62. The van der Waals surface area contributed by atoms with E-state index in [2.05, 4.69) is 4.98 Å². The van der Waals surface area contributed by atoms with Gasteiger partial charge in [-0.2, -0.15) is 0 Å². The van der Waals surface area contributed by atoms with Crippen molar-refractivity contribution in [1.29, 1.82) is 0 Å². The molecule has 0 bridgehead atoms. The quantitative estimate of drug-likeness (QED) is 0.484. The summed E-state index contributed by atoms with van der Waals surface area (Å²) in [6.07, 6.45) is 0.898. The lowest BCUT2D eigenvalue weighted by molar-refractivity contribution is -0.389. The number of hydrogen-bond donors (Lipinski definition) is 0. The zero-order chi connectivity index (χ0) is 8.43. The number of nitro groups is 1. The molecule has 0 spiro atoms. The number of hydrogen-bond acceptors (Lipinski definition) is 3. The molecule has 0 N–H and O–H groups in total. The molecular weight excluding hydrogens is 175 g/mol. The molecule has 0 saturated carbocycles. The second-order valence-corrected chi connectivity index (χ2v) is 2.12. The van der Waals surface area contributed by atoms with Crippen LogP contribution < -0.4 is 0 Å². The normalized spacial score (nSPS) is 9.64. The molecule has 1 aromatic rings. The SMILES string of the molecule is O=[N+]([O-])c1cc(F)c(Cl)cn1. The molecule has 58 valence electrons. The zero-order valence-corrected chi connectivity index (χ0v) is 5.88. The van der Waals surface area contributed by atoms with Crippen LogP contribution in [0.15, 0.2) is 12.3 Å². The molecule has 1 aromatic heterocycles. The number of halogens is 2. The monoisotopic (exact) mass is 176 g/mol. The Labute approximate surface area is 65.8 Å². The summed E-state index contributed by atoms with van der Waals surface area (Å²) in [5.74, 6) is -1.39. The minimum absolute atomic E-state index is 0.226. The van der Waals surface area contributed by atoms with Gasteiger partial charge in [0.2, 0.25) is 0 Å². The van der Waals surface area contributed by atoms with Crippen molar-refractivity contribution in [3.63, 3.8) is 0 Å². The van der Waals surface area contributed by atoms with Gasteiger partial charge in [-0.3, -0.25) is 0 Å². The van der Waals surface area contributed by atoms with Gasteiger partial charge in [0.15, 0.2) is 12.0 Å². The molecule has 4 nitrogen and oxygen atoms in total. The Balaban J connectivity index is 3.15. The average molecular weight is 177 g/mol. The van der Waals surface area contributed by atoms with Crippen molar-refractivity contribution in [2.24, 2.45) is 0 Å². The zero-order valence-electron chi connectivity index (χ0n) is 5.12. The van der Waals surface area contributed by atoms with E-state index in [4.69, 9.17) is 11.6 Å². The van der Waals surface area contributed by atoms with E-state index in [0.717, 1.165) is 6.20 Å². The fourth-order valence-corrected chi connectivity index (χ4v) is 0.607. The van der Waals surface area contributed by atoms with Crippen molar-refractivity contribution in [1.82, 2.24) is 4.98 Å². The predicted octanol–water partition coefficient (Wildman–Crippen LogP) is 1.78. The predicted molar refractivity (Wildman–Crippen MR) is 35.9 cm³/mol. The van der Waals surface area contributed by atoms with Crippen LogP contribution in [0.25, 0.3) is 0 Å². The minimum Gasteiger partial charge on any atom is -0.358 e. The topological polar surface area (TPSA) is 56.0 Å². The Morgan fingerprint density at radius 1 is 1.73 bits per heavy atom. The number of pyridine rings is 1. The van der Waals surface area contributed by atoms with Gasteiger partial charge in [0.05, 0.1) is 6.07 Å². The van der Waals surface area contributed by atoms with Gasteiger partial charge in [-0.1, -0.05) is 11.6 Å². The first-order valence-electron chi connectivity index (χ1n) is 2.56. The van der Waals surface area contributed by atoms with E-state index >= 15 is 0 Å². The van der Waals surface area contributed by atoms with Crippen molar-refractivity contribution in [2.45, 2.75) is 0 Å². The molecule has 0 unspecified atom stereocenters. The summed E-state index contributed by atoms with van der Waals surface area (Å²) in [4.78, 5) is 12.5. The summed E-state index contributed by atoms with van der Waals surface area (Å²) >= 11 is 5.23. The summed E-state index contributed by atoms with van der Waals surface area (Å²) in [5, 5.41) is 9.77. The third-order valence-corrected chi connectivity index (χ3v) is 1.26. The Morgan fingerprint density at radius 2 is 2.36 bits per heavy atom. The number of aromatic nitrogens is 1. The highest BCUT2D eigenvalue weighted by atomic mass is 35.5. The first kappa shape index (κ1) is 7.87. The Morgan fingerprint density at radius 3 is 2.82 bits per heavy atom. The first-order chi connectivity index (χ1) is 5.11. The Kier molecular flexibility index (Phi) is 2.00. The van der Waals surface area contributed by atoms with Crippen LogP contribution in [0.3, 0.4) is 0 Å². The molecule has 0 aliphatic heterocycles. The number of nitrogens with zero attached hydrogens (tertiary/aromatic N) is 2. The van der Waals surface area contributed by atoms with Gasteiger partial charge in [0, 0.05) is 0 Å². The Bertz CT molecular complexity index is 305. The molecule has 11 heavy (non-hydrogen) atoms. The highest BCUT2D eigenvalue weighted by Crippen LogP contribution is 2.16.